The first-order valence-electron chi connectivity index (χ1n) is 4.88. The fraction of sp³-hybridized carbons (Fsp3) is 0.154. The Balaban J connectivity index is 0.00000112. The van der Waals surface area contributed by atoms with E-state index in [0.717, 1.165) is 12.8 Å². The average molecular weight is 220 g/mol. The summed E-state index contributed by atoms with van der Waals surface area (Å²) in [4.78, 5) is 4.10. The molecule has 0 saturated carbocycles. The molecule has 1 heterocycles. The Kier molecular flexibility index (Phi) is 4.85. The Morgan fingerprint density at radius 1 is 0.800 bits per heavy atom. The fourth-order valence-electron chi connectivity index (χ4n) is 1.48. The maximum Gasteiger partial charge on any atom is 0.0299 e. The summed E-state index contributed by atoms with van der Waals surface area (Å²) in [7, 11) is 0. The van der Waals surface area contributed by atoms with Gasteiger partial charge in [-0.1, -0.05) is 36.4 Å². The van der Waals surface area contributed by atoms with Gasteiger partial charge >= 0.3 is 0 Å². The molecule has 0 bridgehead atoms. The van der Waals surface area contributed by atoms with Crippen LogP contribution in [0.25, 0.3) is 0 Å². The van der Waals surface area contributed by atoms with E-state index in [9.17, 15) is 0 Å². The van der Waals surface area contributed by atoms with E-state index < -0.39 is 0 Å². The van der Waals surface area contributed by atoms with Gasteiger partial charge in [-0.05, 0) is 30.0 Å². The molecule has 1 aromatic carbocycles. The van der Waals surface area contributed by atoms with Crippen molar-refractivity contribution in [2.24, 2.45) is 0 Å². The predicted molar refractivity (Wildman–Crippen MR) is 65.3 cm³/mol. The fourth-order valence-corrected chi connectivity index (χ4v) is 1.48. The summed E-state index contributed by atoms with van der Waals surface area (Å²) in [5, 5.41) is 0. The molecule has 0 amide bonds. The molecule has 15 heavy (non-hydrogen) atoms. The van der Waals surface area contributed by atoms with E-state index in [1.807, 2.05) is 24.5 Å². The summed E-state index contributed by atoms with van der Waals surface area (Å²) in [6, 6.07) is 14.6. The summed E-state index contributed by atoms with van der Waals surface area (Å²) in [6.07, 6.45) is 5.90. The van der Waals surface area contributed by atoms with E-state index in [2.05, 4.69) is 35.3 Å². The number of aromatic nitrogens is 1. The molecule has 0 atom stereocenters. The van der Waals surface area contributed by atoms with Crippen LogP contribution in [0.5, 0.6) is 0 Å². The van der Waals surface area contributed by atoms with E-state index in [1.54, 1.807) is 0 Å². The van der Waals surface area contributed by atoms with Crippen LogP contribution >= 0.6 is 12.4 Å². The lowest BCUT2D eigenvalue weighted by Crippen LogP contribution is -1.90. The Morgan fingerprint density at radius 2 is 1.47 bits per heavy atom. The van der Waals surface area contributed by atoms with Crippen LogP contribution in [0.2, 0.25) is 0 Å². The van der Waals surface area contributed by atoms with Gasteiger partial charge < -0.3 is 0 Å². The molecule has 0 aliphatic heterocycles. The summed E-state index contributed by atoms with van der Waals surface area (Å²) >= 11 is 0. The molecule has 0 fully saturated rings. The number of halogens is 1. The van der Waals surface area contributed by atoms with Crippen molar-refractivity contribution in [3.05, 3.63) is 66.0 Å². The standard InChI is InChI=1S/C13H13N.ClH/c1-2-5-12(6-3-1)8-9-13-7-4-10-14-11-13;/h1-7,10-11H,8-9H2;1H. The first-order chi connectivity index (χ1) is 6.95. The number of hydrogen-bond acceptors (Lipinski definition) is 1. The highest BCUT2D eigenvalue weighted by Crippen LogP contribution is 2.05. The highest BCUT2D eigenvalue weighted by molar-refractivity contribution is 5.85. The normalized spacial score (nSPS) is 9.33. The van der Waals surface area contributed by atoms with Crippen LogP contribution in [0.3, 0.4) is 0 Å². The minimum Gasteiger partial charge on any atom is -0.264 e. The lowest BCUT2D eigenvalue weighted by molar-refractivity contribution is 0.950. The third kappa shape index (κ3) is 3.72. The van der Waals surface area contributed by atoms with Crippen LogP contribution in [0.15, 0.2) is 54.9 Å². The molecule has 0 radical (unpaired) electrons. The maximum absolute atomic E-state index is 4.10. The van der Waals surface area contributed by atoms with Crippen LogP contribution < -0.4 is 0 Å². The molecule has 2 aromatic rings. The molecule has 1 aromatic heterocycles. The van der Waals surface area contributed by atoms with Gasteiger partial charge in [-0.3, -0.25) is 4.98 Å². The van der Waals surface area contributed by atoms with Gasteiger partial charge in [-0.25, -0.2) is 0 Å². The van der Waals surface area contributed by atoms with E-state index in [1.165, 1.54) is 11.1 Å². The SMILES string of the molecule is Cl.c1ccc(CCc2cccnc2)cc1. The van der Waals surface area contributed by atoms with Crippen molar-refractivity contribution in [3.63, 3.8) is 0 Å². The quantitative estimate of drug-likeness (QED) is 0.772. The van der Waals surface area contributed by atoms with Gasteiger partial charge in [-0.2, -0.15) is 0 Å². The molecule has 78 valence electrons. The smallest absolute Gasteiger partial charge is 0.0299 e. The second-order valence-electron chi connectivity index (χ2n) is 3.35. The van der Waals surface area contributed by atoms with Crippen LogP contribution in [-0.4, -0.2) is 4.98 Å². The first-order valence-corrected chi connectivity index (χ1v) is 4.88. The third-order valence-corrected chi connectivity index (χ3v) is 2.27. The Bertz CT molecular complexity index is 333. The molecule has 2 heteroatoms. The van der Waals surface area contributed by atoms with Crippen molar-refractivity contribution >= 4 is 12.4 Å². The van der Waals surface area contributed by atoms with Gasteiger partial charge in [0, 0.05) is 12.4 Å². The van der Waals surface area contributed by atoms with E-state index >= 15 is 0 Å². The van der Waals surface area contributed by atoms with Crippen LogP contribution in [-0.2, 0) is 12.8 Å². The monoisotopic (exact) mass is 219 g/mol. The minimum absolute atomic E-state index is 0. The number of hydrogen-bond donors (Lipinski definition) is 0. The zero-order valence-electron chi connectivity index (χ0n) is 8.47. The lowest BCUT2D eigenvalue weighted by Gasteiger charge is -2.00. The number of rotatable bonds is 3. The highest BCUT2D eigenvalue weighted by atomic mass is 35.5. The molecule has 2 rings (SSSR count). The summed E-state index contributed by atoms with van der Waals surface area (Å²) in [5.74, 6) is 0. The Morgan fingerprint density at radius 3 is 2.13 bits per heavy atom. The topological polar surface area (TPSA) is 12.9 Å². The van der Waals surface area contributed by atoms with Crippen molar-refractivity contribution in [1.82, 2.24) is 4.98 Å². The zero-order valence-corrected chi connectivity index (χ0v) is 9.28. The average Bonchev–Trinajstić information content (AvgIpc) is 2.29. The van der Waals surface area contributed by atoms with Crippen LogP contribution in [0.4, 0.5) is 0 Å². The first kappa shape index (κ1) is 11.7. The molecule has 0 N–H and O–H groups in total. The Labute approximate surface area is 96.6 Å². The van der Waals surface area contributed by atoms with Crippen molar-refractivity contribution in [2.45, 2.75) is 12.8 Å². The maximum atomic E-state index is 4.10. The third-order valence-electron chi connectivity index (χ3n) is 2.27. The number of aryl methyl sites for hydroxylation is 2. The summed E-state index contributed by atoms with van der Waals surface area (Å²) in [6.45, 7) is 0. The molecule has 0 spiro atoms. The summed E-state index contributed by atoms with van der Waals surface area (Å²) in [5.41, 5.74) is 2.69. The van der Waals surface area contributed by atoms with Gasteiger partial charge in [0.15, 0.2) is 0 Å². The predicted octanol–water partition coefficient (Wildman–Crippen LogP) is 3.29. The van der Waals surface area contributed by atoms with Crippen molar-refractivity contribution in [1.29, 1.82) is 0 Å². The molecular formula is C13H14ClN. The Hall–Kier alpha value is -1.34. The number of pyridine rings is 1. The molecule has 0 saturated heterocycles. The zero-order chi connectivity index (χ0) is 9.64. The van der Waals surface area contributed by atoms with E-state index in [-0.39, 0.29) is 12.4 Å². The molecule has 0 aliphatic rings. The van der Waals surface area contributed by atoms with Gasteiger partial charge in [0.2, 0.25) is 0 Å². The number of benzene rings is 1. The largest absolute Gasteiger partial charge is 0.264 e. The van der Waals surface area contributed by atoms with Crippen LogP contribution in [0, 0.1) is 0 Å². The van der Waals surface area contributed by atoms with E-state index in [4.69, 9.17) is 0 Å². The molecule has 0 unspecified atom stereocenters. The summed E-state index contributed by atoms with van der Waals surface area (Å²) < 4.78 is 0. The van der Waals surface area contributed by atoms with Crippen molar-refractivity contribution in [2.75, 3.05) is 0 Å². The van der Waals surface area contributed by atoms with Gasteiger partial charge in [-0.15, -0.1) is 12.4 Å². The van der Waals surface area contributed by atoms with Gasteiger partial charge in [0.1, 0.15) is 0 Å². The second kappa shape index (κ2) is 6.20. The second-order valence-corrected chi connectivity index (χ2v) is 3.35. The van der Waals surface area contributed by atoms with Crippen molar-refractivity contribution < 1.29 is 0 Å². The lowest BCUT2D eigenvalue weighted by atomic mass is 10.1. The molecule has 0 aliphatic carbocycles. The molecule has 1 nitrogen and oxygen atoms in total. The minimum atomic E-state index is 0. The van der Waals surface area contributed by atoms with Gasteiger partial charge in [0.05, 0.1) is 0 Å². The van der Waals surface area contributed by atoms with Crippen LogP contribution in [0.1, 0.15) is 11.1 Å². The van der Waals surface area contributed by atoms with E-state index in [0.29, 0.717) is 0 Å². The highest BCUT2D eigenvalue weighted by Gasteiger charge is 1.93. The van der Waals surface area contributed by atoms with Gasteiger partial charge in [0.25, 0.3) is 0 Å². The number of nitrogens with zero attached hydrogens (tertiary/aromatic N) is 1. The van der Waals surface area contributed by atoms with Crippen molar-refractivity contribution in [3.8, 4) is 0 Å². The molecular weight excluding hydrogens is 206 g/mol.